The van der Waals surface area contributed by atoms with Gasteiger partial charge in [-0.3, -0.25) is 4.79 Å². The Morgan fingerprint density at radius 3 is 2.52 bits per heavy atom. The Hall–Kier alpha value is -1.06. The Kier molecular flexibility index (Phi) is 4.70. The van der Waals surface area contributed by atoms with E-state index in [0.717, 1.165) is 18.4 Å². The third kappa shape index (κ3) is 3.41. The van der Waals surface area contributed by atoms with Crippen LogP contribution in [0.15, 0.2) is 24.3 Å². The highest BCUT2D eigenvalue weighted by atomic mass is 35.5. The molecule has 0 radical (unpaired) electrons. The zero-order valence-electron chi connectivity index (χ0n) is 14.0. The van der Waals surface area contributed by atoms with E-state index in [-0.39, 0.29) is 11.9 Å². The fraction of sp³-hybridized carbons (Fsp3) is 0.632. The van der Waals surface area contributed by atoms with Gasteiger partial charge in [-0.05, 0) is 69.1 Å². The van der Waals surface area contributed by atoms with Crippen molar-refractivity contribution in [3.63, 3.8) is 0 Å². The SMILES string of the molecule is CC(C)(C(=O)NC1C2CCCC1CC(N)C2)c1cccc(Cl)c1. The predicted molar refractivity (Wildman–Crippen MR) is 94.4 cm³/mol. The van der Waals surface area contributed by atoms with Gasteiger partial charge in [-0.1, -0.05) is 30.2 Å². The van der Waals surface area contributed by atoms with Crippen LogP contribution >= 0.6 is 11.6 Å². The fourth-order valence-corrected chi connectivity index (χ4v) is 4.56. The molecular weight excluding hydrogens is 308 g/mol. The minimum Gasteiger partial charge on any atom is -0.352 e. The van der Waals surface area contributed by atoms with Crippen LogP contribution in [0, 0.1) is 11.8 Å². The van der Waals surface area contributed by atoms with Gasteiger partial charge in [-0.25, -0.2) is 0 Å². The second-order valence-electron chi connectivity index (χ2n) is 7.82. The normalized spacial score (nSPS) is 30.8. The Labute approximate surface area is 144 Å². The number of fused-ring (bicyclic) bond motifs is 2. The molecule has 0 heterocycles. The number of nitrogens with two attached hydrogens (primary N) is 1. The molecule has 2 unspecified atom stereocenters. The molecule has 2 bridgehead atoms. The number of amides is 1. The van der Waals surface area contributed by atoms with Crippen molar-refractivity contribution < 1.29 is 4.79 Å². The second kappa shape index (κ2) is 6.45. The van der Waals surface area contributed by atoms with E-state index < -0.39 is 5.41 Å². The lowest BCUT2D eigenvalue weighted by atomic mass is 9.66. The molecule has 2 atom stereocenters. The number of halogens is 1. The minimum absolute atomic E-state index is 0.0946. The van der Waals surface area contributed by atoms with Crippen molar-refractivity contribution in [1.82, 2.24) is 5.32 Å². The standard InChI is InChI=1S/C19H27ClN2O/c1-19(2,14-7-4-8-15(20)11-14)18(23)22-17-12-5-3-6-13(17)10-16(21)9-12/h4,7-8,11-13,16-17H,3,5-6,9-10,21H2,1-2H3,(H,22,23). The van der Waals surface area contributed by atoms with E-state index in [9.17, 15) is 4.79 Å². The van der Waals surface area contributed by atoms with Crippen molar-refractivity contribution in [2.75, 3.05) is 0 Å². The average molecular weight is 335 g/mol. The number of rotatable bonds is 3. The summed E-state index contributed by atoms with van der Waals surface area (Å²) in [6, 6.07) is 8.20. The molecule has 2 aliphatic rings. The number of carbonyl (C=O) groups is 1. The first kappa shape index (κ1) is 16.8. The van der Waals surface area contributed by atoms with Gasteiger partial charge in [-0.2, -0.15) is 0 Å². The quantitative estimate of drug-likeness (QED) is 0.886. The first-order valence-corrected chi connectivity index (χ1v) is 9.08. The Morgan fingerprint density at radius 2 is 1.91 bits per heavy atom. The number of benzene rings is 1. The van der Waals surface area contributed by atoms with Crippen LogP contribution in [0.5, 0.6) is 0 Å². The third-order valence-electron chi connectivity index (χ3n) is 5.79. The van der Waals surface area contributed by atoms with E-state index in [2.05, 4.69) is 5.32 Å². The van der Waals surface area contributed by atoms with Crippen molar-refractivity contribution in [1.29, 1.82) is 0 Å². The number of hydrogen-bond donors (Lipinski definition) is 2. The van der Waals surface area contributed by atoms with Gasteiger partial charge in [0, 0.05) is 17.1 Å². The Morgan fingerprint density at radius 1 is 1.26 bits per heavy atom. The molecular formula is C19H27ClN2O. The summed E-state index contributed by atoms with van der Waals surface area (Å²) in [5.74, 6) is 1.17. The first-order chi connectivity index (χ1) is 10.9. The maximum absolute atomic E-state index is 13.0. The Balaban J connectivity index is 1.75. The molecule has 126 valence electrons. The third-order valence-corrected chi connectivity index (χ3v) is 6.02. The summed E-state index contributed by atoms with van der Waals surface area (Å²) < 4.78 is 0. The maximum Gasteiger partial charge on any atom is 0.230 e. The molecule has 0 spiro atoms. The van der Waals surface area contributed by atoms with Crippen molar-refractivity contribution in [3.8, 4) is 0 Å². The molecule has 2 fully saturated rings. The van der Waals surface area contributed by atoms with Gasteiger partial charge in [0.05, 0.1) is 5.41 Å². The smallest absolute Gasteiger partial charge is 0.230 e. The molecule has 2 aliphatic carbocycles. The average Bonchev–Trinajstić information content (AvgIpc) is 2.48. The van der Waals surface area contributed by atoms with Gasteiger partial charge in [0.2, 0.25) is 5.91 Å². The molecule has 0 aromatic heterocycles. The van der Waals surface area contributed by atoms with E-state index in [4.69, 9.17) is 17.3 Å². The highest BCUT2D eigenvalue weighted by Crippen LogP contribution is 2.40. The van der Waals surface area contributed by atoms with Crippen molar-refractivity contribution in [3.05, 3.63) is 34.9 Å². The summed E-state index contributed by atoms with van der Waals surface area (Å²) in [5.41, 5.74) is 6.56. The van der Waals surface area contributed by atoms with Crippen molar-refractivity contribution in [2.45, 2.75) is 63.5 Å². The molecule has 23 heavy (non-hydrogen) atoms. The van der Waals surface area contributed by atoms with E-state index in [1.807, 2.05) is 38.1 Å². The van der Waals surface area contributed by atoms with Gasteiger partial charge < -0.3 is 11.1 Å². The topological polar surface area (TPSA) is 55.1 Å². The summed E-state index contributed by atoms with van der Waals surface area (Å²) in [6.45, 7) is 3.94. The second-order valence-corrected chi connectivity index (χ2v) is 8.25. The van der Waals surface area contributed by atoms with Crippen LogP contribution in [-0.2, 0) is 10.2 Å². The molecule has 3 rings (SSSR count). The van der Waals surface area contributed by atoms with Crippen molar-refractivity contribution in [2.24, 2.45) is 17.6 Å². The highest BCUT2D eigenvalue weighted by Gasteiger charge is 2.42. The molecule has 2 saturated carbocycles. The minimum atomic E-state index is -0.585. The van der Waals surface area contributed by atoms with Gasteiger partial charge in [0.25, 0.3) is 0 Å². The van der Waals surface area contributed by atoms with Gasteiger partial charge in [-0.15, -0.1) is 0 Å². The summed E-state index contributed by atoms with van der Waals surface area (Å²) in [5, 5.41) is 4.03. The first-order valence-electron chi connectivity index (χ1n) is 8.70. The van der Waals surface area contributed by atoms with E-state index in [1.165, 1.54) is 19.3 Å². The summed E-state index contributed by atoms with van der Waals surface area (Å²) >= 11 is 6.10. The molecule has 4 heteroatoms. The molecule has 1 aromatic carbocycles. The summed E-state index contributed by atoms with van der Waals surface area (Å²) in [6.07, 6.45) is 5.73. The molecule has 0 saturated heterocycles. The number of hydrogen-bond acceptors (Lipinski definition) is 2. The monoisotopic (exact) mass is 334 g/mol. The maximum atomic E-state index is 13.0. The van der Waals surface area contributed by atoms with Crippen LogP contribution in [0.1, 0.15) is 51.5 Å². The van der Waals surface area contributed by atoms with Crippen LogP contribution in [-0.4, -0.2) is 18.0 Å². The number of carbonyl (C=O) groups excluding carboxylic acids is 1. The van der Waals surface area contributed by atoms with E-state index >= 15 is 0 Å². The van der Waals surface area contributed by atoms with Crippen LogP contribution in [0.3, 0.4) is 0 Å². The molecule has 1 aromatic rings. The lowest BCUT2D eigenvalue weighted by Crippen LogP contribution is -2.56. The van der Waals surface area contributed by atoms with Crippen molar-refractivity contribution >= 4 is 17.5 Å². The van der Waals surface area contributed by atoms with Gasteiger partial charge >= 0.3 is 0 Å². The highest BCUT2D eigenvalue weighted by molar-refractivity contribution is 6.30. The molecule has 3 nitrogen and oxygen atoms in total. The summed E-state index contributed by atoms with van der Waals surface area (Å²) in [7, 11) is 0. The zero-order chi connectivity index (χ0) is 16.6. The van der Waals surface area contributed by atoms with Crippen LogP contribution in [0.2, 0.25) is 5.02 Å². The van der Waals surface area contributed by atoms with Crippen LogP contribution in [0.4, 0.5) is 0 Å². The van der Waals surface area contributed by atoms with Crippen LogP contribution in [0.25, 0.3) is 0 Å². The molecule has 1 amide bonds. The number of nitrogens with one attached hydrogen (secondary N) is 1. The van der Waals surface area contributed by atoms with Crippen LogP contribution < -0.4 is 11.1 Å². The Bertz CT molecular complexity index is 572. The molecule has 0 aliphatic heterocycles. The fourth-order valence-electron chi connectivity index (χ4n) is 4.36. The van der Waals surface area contributed by atoms with Gasteiger partial charge in [0.15, 0.2) is 0 Å². The zero-order valence-corrected chi connectivity index (χ0v) is 14.8. The van der Waals surface area contributed by atoms with E-state index in [0.29, 0.717) is 22.9 Å². The largest absolute Gasteiger partial charge is 0.352 e. The lowest BCUT2D eigenvalue weighted by molar-refractivity contribution is -0.128. The predicted octanol–water partition coefficient (Wildman–Crippen LogP) is 3.64. The lowest BCUT2D eigenvalue weighted by Gasteiger charge is -2.46. The van der Waals surface area contributed by atoms with Gasteiger partial charge in [0.1, 0.15) is 0 Å². The molecule has 3 N–H and O–H groups in total. The van der Waals surface area contributed by atoms with E-state index in [1.54, 1.807) is 0 Å². The summed E-state index contributed by atoms with van der Waals surface area (Å²) in [4.78, 5) is 13.0.